The van der Waals surface area contributed by atoms with E-state index in [4.69, 9.17) is 16.3 Å². The zero-order valence-corrected chi connectivity index (χ0v) is 19.7. The van der Waals surface area contributed by atoms with Gasteiger partial charge in [-0.2, -0.15) is 0 Å². The monoisotopic (exact) mass is 489 g/mol. The summed E-state index contributed by atoms with van der Waals surface area (Å²) in [6.45, 7) is 2.87. The van der Waals surface area contributed by atoms with E-state index in [-0.39, 0.29) is 24.3 Å². The molecular formula is C22H24ClN5O4S. The summed E-state index contributed by atoms with van der Waals surface area (Å²) in [6, 6.07) is 7.52. The van der Waals surface area contributed by atoms with E-state index >= 15 is 0 Å². The first-order chi connectivity index (χ1) is 16.0. The van der Waals surface area contributed by atoms with Crippen molar-refractivity contribution in [1.29, 1.82) is 0 Å². The molecule has 3 aromatic rings. The average molecular weight is 490 g/mol. The molecular weight excluding hydrogens is 466 g/mol. The quantitative estimate of drug-likeness (QED) is 0.371. The minimum absolute atomic E-state index is 0.161. The maximum Gasteiger partial charge on any atom is 0.350 e. The van der Waals surface area contributed by atoms with E-state index in [0.29, 0.717) is 54.0 Å². The van der Waals surface area contributed by atoms with Crippen LogP contribution in [0.5, 0.6) is 0 Å². The van der Waals surface area contributed by atoms with Crippen LogP contribution in [0.2, 0.25) is 5.02 Å². The Morgan fingerprint density at radius 2 is 1.94 bits per heavy atom. The molecule has 9 nitrogen and oxygen atoms in total. The molecule has 11 heteroatoms. The van der Waals surface area contributed by atoms with Crippen molar-refractivity contribution in [1.82, 2.24) is 24.1 Å². The summed E-state index contributed by atoms with van der Waals surface area (Å²) in [5, 5.41) is 5.66. The van der Waals surface area contributed by atoms with Crippen LogP contribution in [0.1, 0.15) is 25.3 Å². The lowest BCUT2D eigenvalue weighted by Gasteiger charge is -2.30. The second-order valence-corrected chi connectivity index (χ2v) is 9.09. The van der Waals surface area contributed by atoms with Gasteiger partial charge in [-0.3, -0.25) is 9.59 Å². The highest BCUT2D eigenvalue weighted by Gasteiger charge is 2.28. The number of rotatable bonds is 7. The molecule has 1 aliphatic rings. The van der Waals surface area contributed by atoms with Crippen molar-refractivity contribution in [3.63, 3.8) is 0 Å². The first-order valence-corrected chi connectivity index (χ1v) is 12.1. The third-order valence-electron chi connectivity index (χ3n) is 5.51. The molecule has 2 aromatic heterocycles. The minimum Gasteiger partial charge on any atom is -0.466 e. The zero-order chi connectivity index (χ0) is 23.4. The van der Waals surface area contributed by atoms with Gasteiger partial charge in [0.2, 0.25) is 5.91 Å². The third kappa shape index (κ3) is 5.39. The highest BCUT2D eigenvalue weighted by atomic mass is 35.5. The van der Waals surface area contributed by atoms with E-state index in [1.807, 2.05) is 24.3 Å². The van der Waals surface area contributed by atoms with Crippen LogP contribution in [0, 0.1) is 5.92 Å². The SMILES string of the molecule is CCOC(=O)C1CCN(C(=O)Cn2nc3c(SCc4ccc(Cl)cc4)nccn3c2=O)CC1. The van der Waals surface area contributed by atoms with Crippen LogP contribution in [0.15, 0.2) is 46.5 Å². The van der Waals surface area contributed by atoms with Crippen LogP contribution in [-0.4, -0.2) is 55.6 Å². The fraction of sp³-hybridized carbons (Fsp3) is 0.409. The number of esters is 1. The number of carbonyl (C=O) groups excluding carboxylic acids is 2. The van der Waals surface area contributed by atoms with Crippen LogP contribution in [0.25, 0.3) is 5.65 Å². The first kappa shape index (κ1) is 23.3. The molecule has 0 radical (unpaired) electrons. The Balaban J connectivity index is 1.43. The van der Waals surface area contributed by atoms with Gasteiger partial charge in [0, 0.05) is 36.3 Å². The van der Waals surface area contributed by atoms with Crippen molar-refractivity contribution in [2.45, 2.75) is 37.1 Å². The van der Waals surface area contributed by atoms with Gasteiger partial charge in [0.05, 0.1) is 12.5 Å². The average Bonchev–Trinajstić information content (AvgIpc) is 3.14. The van der Waals surface area contributed by atoms with Crippen molar-refractivity contribution in [2.75, 3.05) is 19.7 Å². The number of aromatic nitrogens is 4. The number of carbonyl (C=O) groups is 2. The van der Waals surface area contributed by atoms with Crippen molar-refractivity contribution in [2.24, 2.45) is 5.92 Å². The molecule has 33 heavy (non-hydrogen) atoms. The topological polar surface area (TPSA) is 98.8 Å². The summed E-state index contributed by atoms with van der Waals surface area (Å²) >= 11 is 7.39. The fourth-order valence-corrected chi connectivity index (χ4v) is 4.74. The Hall–Kier alpha value is -2.85. The standard InChI is InChI=1S/C22H24ClN5O4S/c1-2-32-21(30)16-7-10-26(11-8-16)18(29)13-28-22(31)27-12-9-24-20(19(27)25-28)33-14-15-3-5-17(23)6-4-15/h3-6,9,12,16H,2,7-8,10-11,13-14H2,1H3. The molecule has 0 aliphatic carbocycles. The molecule has 4 rings (SSSR count). The summed E-state index contributed by atoms with van der Waals surface area (Å²) in [5.41, 5.74) is 1.09. The van der Waals surface area contributed by atoms with Gasteiger partial charge in [0.15, 0.2) is 5.65 Å². The Morgan fingerprint density at radius 1 is 1.21 bits per heavy atom. The molecule has 1 amide bonds. The number of amides is 1. The molecule has 1 aromatic carbocycles. The van der Waals surface area contributed by atoms with Gasteiger partial charge < -0.3 is 9.64 Å². The van der Waals surface area contributed by atoms with Gasteiger partial charge in [-0.05, 0) is 37.5 Å². The van der Waals surface area contributed by atoms with Crippen LogP contribution in [-0.2, 0) is 26.6 Å². The highest BCUT2D eigenvalue weighted by molar-refractivity contribution is 7.98. The van der Waals surface area contributed by atoms with E-state index in [1.165, 1.54) is 20.8 Å². The van der Waals surface area contributed by atoms with Crippen LogP contribution in [0.3, 0.4) is 0 Å². The summed E-state index contributed by atoms with van der Waals surface area (Å²) in [4.78, 5) is 43.5. The Kier molecular flexibility index (Phi) is 7.34. The van der Waals surface area contributed by atoms with E-state index in [2.05, 4.69) is 10.1 Å². The van der Waals surface area contributed by atoms with Crippen molar-refractivity contribution >= 4 is 40.9 Å². The number of piperidine rings is 1. The molecule has 1 saturated heterocycles. The lowest BCUT2D eigenvalue weighted by Crippen LogP contribution is -2.43. The van der Waals surface area contributed by atoms with Crippen LogP contribution in [0.4, 0.5) is 0 Å². The molecule has 0 bridgehead atoms. The second kappa shape index (κ2) is 10.4. The summed E-state index contributed by atoms with van der Waals surface area (Å²) in [7, 11) is 0. The number of benzene rings is 1. The normalized spacial score (nSPS) is 14.5. The molecule has 0 saturated carbocycles. The number of ether oxygens (including phenoxy) is 1. The Morgan fingerprint density at radius 3 is 2.64 bits per heavy atom. The van der Waals surface area contributed by atoms with Gasteiger partial charge in [0.1, 0.15) is 11.6 Å². The largest absolute Gasteiger partial charge is 0.466 e. The van der Waals surface area contributed by atoms with Crippen molar-refractivity contribution < 1.29 is 14.3 Å². The Bertz CT molecular complexity index is 1200. The molecule has 1 fully saturated rings. The number of fused-ring (bicyclic) bond motifs is 1. The fourth-order valence-electron chi connectivity index (χ4n) is 3.72. The van der Waals surface area contributed by atoms with Gasteiger partial charge in [-0.1, -0.05) is 35.5 Å². The lowest BCUT2D eigenvalue weighted by atomic mass is 9.97. The predicted octanol–water partition coefficient (Wildman–Crippen LogP) is 2.64. The molecule has 1 aliphatic heterocycles. The molecule has 174 valence electrons. The number of halogens is 1. The predicted molar refractivity (Wildman–Crippen MR) is 124 cm³/mol. The number of likely N-dealkylation sites (tertiary alicyclic amines) is 1. The highest BCUT2D eigenvalue weighted by Crippen LogP contribution is 2.24. The van der Waals surface area contributed by atoms with E-state index in [0.717, 1.165) is 5.56 Å². The molecule has 0 atom stereocenters. The Labute approximate surface area is 199 Å². The maximum absolute atomic E-state index is 12.8. The lowest BCUT2D eigenvalue weighted by molar-refractivity contribution is -0.151. The molecule has 3 heterocycles. The molecule has 0 spiro atoms. The van der Waals surface area contributed by atoms with Gasteiger partial charge in [-0.25, -0.2) is 18.9 Å². The van der Waals surface area contributed by atoms with Gasteiger partial charge in [0.25, 0.3) is 0 Å². The smallest absolute Gasteiger partial charge is 0.350 e. The van der Waals surface area contributed by atoms with Gasteiger partial charge >= 0.3 is 11.7 Å². The number of nitrogens with zero attached hydrogens (tertiary/aromatic N) is 5. The van der Waals surface area contributed by atoms with Crippen LogP contribution >= 0.6 is 23.4 Å². The van der Waals surface area contributed by atoms with E-state index < -0.39 is 5.69 Å². The zero-order valence-electron chi connectivity index (χ0n) is 18.1. The van der Waals surface area contributed by atoms with Crippen molar-refractivity contribution in [3.05, 3.63) is 57.7 Å². The number of thioether (sulfide) groups is 1. The summed E-state index contributed by atoms with van der Waals surface area (Å²) in [5.74, 6) is 0.0424. The first-order valence-electron chi connectivity index (χ1n) is 10.7. The third-order valence-corrected chi connectivity index (χ3v) is 6.80. The molecule has 0 unspecified atom stereocenters. The van der Waals surface area contributed by atoms with Gasteiger partial charge in [-0.15, -0.1) is 5.10 Å². The molecule has 0 N–H and O–H groups in total. The maximum atomic E-state index is 12.8. The van der Waals surface area contributed by atoms with Crippen LogP contribution < -0.4 is 5.69 Å². The van der Waals surface area contributed by atoms with E-state index in [1.54, 1.807) is 24.2 Å². The second-order valence-electron chi connectivity index (χ2n) is 7.69. The number of hydrogen-bond acceptors (Lipinski definition) is 7. The van der Waals surface area contributed by atoms with Crippen molar-refractivity contribution in [3.8, 4) is 0 Å². The number of hydrogen-bond donors (Lipinski definition) is 0. The minimum atomic E-state index is -0.393. The summed E-state index contributed by atoms with van der Waals surface area (Å²) in [6.07, 6.45) is 4.20. The van der Waals surface area contributed by atoms with E-state index in [9.17, 15) is 14.4 Å². The summed E-state index contributed by atoms with van der Waals surface area (Å²) < 4.78 is 7.64.